The van der Waals surface area contributed by atoms with Crippen molar-refractivity contribution in [2.45, 2.75) is 19.8 Å². The molecule has 2 aromatic heterocycles. The van der Waals surface area contributed by atoms with Gasteiger partial charge in [0.05, 0.1) is 6.26 Å². The Labute approximate surface area is 148 Å². The average molecular weight is 355 g/mol. The molecule has 0 bridgehead atoms. The molecule has 5 nitrogen and oxygen atoms in total. The summed E-state index contributed by atoms with van der Waals surface area (Å²) < 4.78 is 5.04. The molecule has 1 amide bonds. The number of thiophene rings is 1. The number of carboxylic acid groups (broad SMARTS) is 1. The van der Waals surface area contributed by atoms with Crippen molar-refractivity contribution in [2.75, 3.05) is 5.32 Å². The minimum atomic E-state index is -1.08. The summed E-state index contributed by atoms with van der Waals surface area (Å²) in [6.07, 6.45) is 1.39. The molecule has 0 aliphatic carbocycles. The molecule has 3 aromatic rings. The molecular formula is C19H17NO4S. The largest absolute Gasteiger partial charge is 0.478 e. The molecule has 0 fully saturated rings. The number of furan rings is 1. The Morgan fingerprint density at radius 3 is 2.44 bits per heavy atom. The summed E-state index contributed by atoms with van der Waals surface area (Å²) in [6.45, 7) is 4.20. The third-order valence-corrected chi connectivity index (χ3v) is 4.76. The zero-order valence-electron chi connectivity index (χ0n) is 13.8. The van der Waals surface area contributed by atoms with Crippen molar-refractivity contribution in [3.05, 3.63) is 64.9 Å². The van der Waals surface area contributed by atoms with Crippen molar-refractivity contribution >= 4 is 28.2 Å². The van der Waals surface area contributed by atoms with Crippen molar-refractivity contribution in [3.63, 3.8) is 0 Å². The topological polar surface area (TPSA) is 79.5 Å². The fourth-order valence-corrected chi connectivity index (χ4v) is 3.45. The molecule has 0 aliphatic heterocycles. The van der Waals surface area contributed by atoms with E-state index in [4.69, 9.17) is 4.42 Å². The van der Waals surface area contributed by atoms with E-state index in [2.05, 4.69) is 19.2 Å². The van der Waals surface area contributed by atoms with Gasteiger partial charge in [0.2, 0.25) is 0 Å². The zero-order valence-corrected chi connectivity index (χ0v) is 14.6. The first-order chi connectivity index (χ1) is 12.0. The second-order valence-electron chi connectivity index (χ2n) is 5.87. The lowest BCUT2D eigenvalue weighted by molar-refractivity contribution is 0.0699. The van der Waals surface area contributed by atoms with Crippen LogP contribution in [0.25, 0.3) is 11.1 Å². The summed E-state index contributed by atoms with van der Waals surface area (Å²) >= 11 is 1.18. The summed E-state index contributed by atoms with van der Waals surface area (Å²) in [4.78, 5) is 23.9. The summed E-state index contributed by atoms with van der Waals surface area (Å²) in [5, 5.41) is 14.3. The molecule has 0 saturated heterocycles. The highest BCUT2D eigenvalue weighted by molar-refractivity contribution is 7.15. The van der Waals surface area contributed by atoms with E-state index in [1.807, 2.05) is 24.3 Å². The maximum absolute atomic E-state index is 12.1. The van der Waals surface area contributed by atoms with Crippen molar-refractivity contribution < 1.29 is 19.1 Å². The summed E-state index contributed by atoms with van der Waals surface area (Å²) in [7, 11) is 0. The van der Waals surface area contributed by atoms with Crippen LogP contribution in [0.1, 0.15) is 46.2 Å². The van der Waals surface area contributed by atoms with Gasteiger partial charge in [-0.05, 0) is 29.2 Å². The van der Waals surface area contributed by atoms with Gasteiger partial charge < -0.3 is 14.8 Å². The van der Waals surface area contributed by atoms with Gasteiger partial charge in [0.1, 0.15) is 10.6 Å². The van der Waals surface area contributed by atoms with Crippen LogP contribution in [0.15, 0.2) is 52.5 Å². The normalized spacial score (nSPS) is 10.8. The standard InChI is InChI=1S/C19H17NO4S/c1-11(2)12-5-7-13(8-6-12)14-10-25-18(16(14)19(22)23)20-17(21)15-4-3-9-24-15/h3-11H,1-2H3,(H,20,21)(H,22,23). The predicted octanol–water partition coefficient (Wildman–Crippen LogP) is 5.08. The number of nitrogens with one attached hydrogen (secondary N) is 1. The Hall–Kier alpha value is -2.86. The molecule has 3 rings (SSSR count). The van der Waals surface area contributed by atoms with E-state index in [9.17, 15) is 14.7 Å². The number of hydrogen-bond acceptors (Lipinski definition) is 4. The van der Waals surface area contributed by atoms with Gasteiger partial charge in [0.15, 0.2) is 5.76 Å². The number of aromatic carboxylic acids is 1. The number of carbonyl (C=O) groups is 2. The minimum absolute atomic E-state index is 0.0854. The first-order valence-electron chi connectivity index (χ1n) is 7.77. The van der Waals surface area contributed by atoms with E-state index in [-0.39, 0.29) is 16.3 Å². The lowest BCUT2D eigenvalue weighted by atomic mass is 9.98. The van der Waals surface area contributed by atoms with Crippen molar-refractivity contribution in [2.24, 2.45) is 0 Å². The van der Waals surface area contributed by atoms with Crippen LogP contribution in [-0.2, 0) is 0 Å². The lowest BCUT2D eigenvalue weighted by Gasteiger charge is -2.08. The van der Waals surface area contributed by atoms with Crippen LogP contribution in [0, 0.1) is 0 Å². The molecule has 128 valence electrons. The highest BCUT2D eigenvalue weighted by Crippen LogP contribution is 2.36. The van der Waals surface area contributed by atoms with Crippen LogP contribution < -0.4 is 5.32 Å². The van der Waals surface area contributed by atoms with Gasteiger partial charge in [-0.2, -0.15) is 0 Å². The Balaban J connectivity index is 1.94. The van der Waals surface area contributed by atoms with E-state index in [1.54, 1.807) is 11.4 Å². The molecule has 0 aliphatic rings. The fraction of sp³-hybridized carbons (Fsp3) is 0.158. The van der Waals surface area contributed by atoms with Crippen molar-refractivity contribution in [3.8, 4) is 11.1 Å². The second kappa shape index (κ2) is 6.94. The molecule has 0 atom stereocenters. The average Bonchev–Trinajstić information content (AvgIpc) is 3.24. The monoisotopic (exact) mass is 355 g/mol. The molecule has 6 heteroatoms. The van der Waals surface area contributed by atoms with Crippen LogP contribution in [0.3, 0.4) is 0 Å². The van der Waals surface area contributed by atoms with Gasteiger partial charge in [0, 0.05) is 10.9 Å². The van der Waals surface area contributed by atoms with Crippen LogP contribution in [0.5, 0.6) is 0 Å². The summed E-state index contributed by atoms with van der Waals surface area (Å²) in [5.41, 5.74) is 2.66. The second-order valence-corrected chi connectivity index (χ2v) is 6.75. The number of amides is 1. The molecule has 2 N–H and O–H groups in total. The Morgan fingerprint density at radius 1 is 1.16 bits per heavy atom. The fourth-order valence-electron chi connectivity index (χ4n) is 2.49. The predicted molar refractivity (Wildman–Crippen MR) is 97.5 cm³/mol. The number of carbonyl (C=O) groups excluding carboxylic acids is 1. The first-order valence-corrected chi connectivity index (χ1v) is 8.65. The Kier molecular flexibility index (Phi) is 4.72. The first kappa shape index (κ1) is 17.0. The van der Waals surface area contributed by atoms with Gasteiger partial charge in [-0.3, -0.25) is 4.79 Å². The maximum atomic E-state index is 12.1. The highest BCUT2D eigenvalue weighted by atomic mass is 32.1. The number of carboxylic acids is 1. The third kappa shape index (κ3) is 3.49. The molecular weight excluding hydrogens is 338 g/mol. The van der Waals surface area contributed by atoms with Gasteiger partial charge >= 0.3 is 5.97 Å². The van der Waals surface area contributed by atoms with Gasteiger partial charge in [0.25, 0.3) is 5.91 Å². The number of benzene rings is 1. The van der Waals surface area contributed by atoms with Crippen LogP contribution in [0.2, 0.25) is 0 Å². The lowest BCUT2D eigenvalue weighted by Crippen LogP contribution is -2.12. The van der Waals surface area contributed by atoms with Gasteiger partial charge in [-0.15, -0.1) is 11.3 Å². The SMILES string of the molecule is CC(C)c1ccc(-c2csc(NC(=O)c3ccco3)c2C(=O)O)cc1. The van der Waals surface area contributed by atoms with E-state index in [0.717, 1.165) is 5.56 Å². The Morgan fingerprint density at radius 2 is 1.88 bits per heavy atom. The van der Waals surface area contributed by atoms with Gasteiger partial charge in [-0.25, -0.2) is 4.79 Å². The summed E-state index contributed by atoms with van der Waals surface area (Å²) in [5.74, 6) is -1.03. The van der Waals surface area contributed by atoms with E-state index >= 15 is 0 Å². The molecule has 1 aromatic carbocycles. The minimum Gasteiger partial charge on any atom is -0.478 e. The zero-order chi connectivity index (χ0) is 18.0. The van der Waals surface area contributed by atoms with Crippen molar-refractivity contribution in [1.29, 1.82) is 0 Å². The smallest absolute Gasteiger partial charge is 0.339 e. The molecule has 0 spiro atoms. The van der Waals surface area contributed by atoms with Gasteiger partial charge in [-0.1, -0.05) is 38.1 Å². The maximum Gasteiger partial charge on any atom is 0.339 e. The molecule has 0 unspecified atom stereocenters. The quantitative estimate of drug-likeness (QED) is 0.669. The molecule has 0 saturated carbocycles. The molecule has 0 radical (unpaired) electrons. The Bertz CT molecular complexity index is 892. The van der Waals surface area contributed by atoms with Crippen LogP contribution in [0.4, 0.5) is 5.00 Å². The third-order valence-electron chi connectivity index (χ3n) is 3.87. The molecule has 2 heterocycles. The van der Waals surface area contributed by atoms with E-state index < -0.39 is 11.9 Å². The van der Waals surface area contributed by atoms with E-state index in [0.29, 0.717) is 11.5 Å². The van der Waals surface area contributed by atoms with Crippen molar-refractivity contribution in [1.82, 2.24) is 0 Å². The highest BCUT2D eigenvalue weighted by Gasteiger charge is 2.22. The molecule has 25 heavy (non-hydrogen) atoms. The van der Waals surface area contributed by atoms with Crippen LogP contribution >= 0.6 is 11.3 Å². The summed E-state index contributed by atoms with van der Waals surface area (Å²) in [6, 6.07) is 10.9. The van der Waals surface area contributed by atoms with Crippen LogP contribution in [-0.4, -0.2) is 17.0 Å². The van der Waals surface area contributed by atoms with E-state index in [1.165, 1.54) is 29.2 Å². The number of rotatable bonds is 5. The number of anilines is 1. The number of hydrogen-bond donors (Lipinski definition) is 2.